The minimum Gasteiger partial charge on any atom is -0.473 e. The molecule has 0 aromatic heterocycles. The van der Waals surface area contributed by atoms with Crippen LogP contribution in [-0.4, -0.2) is 0 Å². The summed E-state index contributed by atoms with van der Waals surface area (Å²) in [6.07, 6.45) is 14.9. The third-order valence-electron chi connectivity index (χ3n) is 1.80. The molecule has 0 saturated heterocycles. The molecule has 0 heterocycles. The first-order valence-corrected chi connectivity index (χ1v) is 5.37. The second kappa shape index (κ2) is 11.3. The fourth-order valence-corrected chi connectivity index (χ4v) is 0.937. The van der Waals surface area contributed by atoms with Gasteiger partial charge in [0.15, 0.2) is 0 Å². The van der Waals surface area contributed by atoms with Crippen molar-refractivity contribution in [3.63, 3.8) is 0 Å². The second-order valence-electron chi connectivity index (χ2n) is 3.16. The molecule has 76 valence electrons. The highest BCUT2D eigenvalue weighted by molar-refractivity contribution is 4.79. The maximum atomic E-state index is 5.17. The average molecular weight is 182 g/mol. The van der Waals surface area contributed by atoms with E-state index in [-0.39, 0.29) is 0 Å². The van der Waals surface area contributed by atoms with E-state index in [1.807, 2.05) is 0 Å². The van der Waals surface area contributed by atoms with Gasteiger partial charge in [-0.1, -0.05) is 26.7 Å². The van der Waals surface area contributed by atoms with Crippen molar-refractivity contribution >= 4 is 0 Å². The van der Waals surface area contributed by atoms with Crippen molar-refractivity contribution in [2.75, 3.05) is 0 Å². The lowest BCUT2D eigenvalue weighted by atomic mass is 10.2. The molecule has 0 aromatic carbocycles. The summed E-state index contributed by atoms with van der Waals surface area (Å²) in [5.41, 5.74) is 0. The highest BCUT2D eigenvalue weighted by atomic mass is 16.5. The molecule has 0 rings (SSSR count). The van der Waals surface area contributed by atoms with Crippen LogP contribution in [0.1, 0.15) is 52.4 Å². The number of allylic oxidation sites excluding steroid dienone is 2. The molecular formula is C12H22O. The second-order valence-corrected chi connectivity index (χ2v) is 3.16. The topological polar surface area (TPSA) is 9.23 Å². The van der Waals surface area contributed by atoms with Crippen molar-refractivity contribution in [1.82, 2.24) is 0 Å². The van der Waals surface area contributed by atoms with E-state index in [1.54, 1.807) is 12.5 Å². The molecule has 0 aliphatic heterocycles. The SMILES string of the molecule is CCCCC=COC=CCCCC. The Hall–Kier alpha value is -0.720. The van der Waals surface area contributed by atoms with Gasteiger partial charge < -0.3 is 4.74 Å². The van der Waals surface area contributed by atoms with Gasteiger partial charge in [0, 0.05) is 0 Å². The number of unbranched alkanes of at least 4 members (excludes halogenated alkanes) is 4. The molecule has 0 aliphatic rings. The molecule has 1 heteroatoms. The van der Waals surface area contributed by atoms with Crippen LogP contribution in [0, 0.1) is 0 Å². The van der Waals surface area contributed by atoms with Crippen molar-refractivity contribution < 1.29 is 4.74 Å². The Morgan fingerprint density at radius 2 is 1.31 bits per heavy atom. The smallest absolute Gasteiger partial charge is 0.0861 e. The first kappa shape index (κ1) is 12.3. The number of rotatable bonds is 8. The molecule has 0 radical (unpaired) electrons. The Kier molecular flexibility index (Phi) is 10.7. The third-order valence-corrected chi connectivity index (χ3v) is 1.80. The van der Waals surface area contributed by atoms with E-state index in [9.17, 15) is 0 Å². The van der Waals surface area contributed by atoms with Crippen molar-refractivity contribution in [2.24, 2.45) is 0 Å². The van der Waals surface area contributed by atoms with Gasteiger partial charge in [-0.2, -0.15) is 0 Å². The van der Waals surface area contributed by atoms with Crippen LogP contribution < -0.4 is 0 Å². The van der Waals surface area contributed by atoms with Crippen LogP contribution in [0.3, 0.4) is 0 Å². The average Bonchev–Trinajstić information content (AvgIpc) is 2.16. The molecular weight excluding hydrogens is 160 g/mol. The van der Waals surface area contributed by atoms with Crippen molar-refractivity contribution in [3.8, 4) is 0 Å². The quantitative estimate of drug-likeness (QED) is 0.399. The summed E-state index contributed by atoms with van der Waals surface area (Å²) < 4.78 is 5.17. The Morgan fingerprint density at radius 1 is 0.846 bits per heavy atom. The molecule has 0 aromatic rings. The highest BCUT2D eigenvalue weighted by Crippen LogP contribution is 1.97. The zero-order valence-corrected chi connectivity index (χ0v) is 8.96. The molecule has 0 N–H and O–H groups in total. The Bertz CT molecular complexity index is 120. The van der Waals surface area contributed by atoms with Crippen LogP contribution >= 0.6 is 0 Å². The van der Waals surface area contributed by atoms with Crippen molar-refractivity contribution in [2.45, 2.75) is 52.4 Å². The monoisotopic (exact) mass is 182 g/mol. The van der Waals surface area contributed by atoms with Crippen LogP contribution in [0.2, 0.25) is 0 Å². The molecule has 1 nitrogen and oxygen atoms in total. The summed E-state index contributed by atoms with van der Waals surface area (Å²) in [6, 6.07) is 0. The maximum Gasteiger partial charge on any atom is 0.0861 e. The zero-order valence-electron chi connectivity index (χ0n) is 8.96. The molecule has 0 unspecified atom stereocenters. The number of ether oxygens (including phenoxy) is 1. The van der Waals surface area contributed by atoms with Crippen LogP contribution in [0.4, 0.5) is 0 Å². The maximum absolute atomic E-state index is 5.17. The lowest BCUT2D eigenvalue weighted by Crippen LogP contribution is -1.70. The predicted molar refractivity (Wildman–Crippen MR) is 58.4 cm³/mol. The van der Waals surface area contributed by atoms with E-state index >= 15 is 0 Å². The molecule has 0 saturated carbocycles. The summed E-state index contributed by atoms with van der Waals surface area (Å²) >= 11 is 0. The van der Waals surface area contributed by atoms with Crippen molar-refractivity contribution in [3.05, 3.63) is 24.7 Å². The van der Waals surface area contributed by atoms with Gasteiger partial charge in [0.2, 0.25) is 0 Å². The van der Waals surface area contributed by atoms with E-state index in [2.05, 4.69) is 26.0 Å². The Balaban J connectivity index is 3.13. The zero-order chi connectivity index (χ0) is 9.78. The van der Waals surface area contributed by atoms with E-state index in [0.717, 1.165) is 12.8 Å². The van der Waals surface area contributed by atoms with E-state index < -0.39 is 0 Å². The van der Waals surface area contributed by atoms with E-state index in [1.165, 1.54) is 25.7 Å². The lowest BCUT2D eigenvalue weighted by Gasteiger charge is -1.91. The highest BCUT2D eigenvalue weighted by Gasteiger charge is 1.78. The molecule has 0 spiro atoms. The summed E-state index contributed by atoms with van der Waals surface area (Å²) in [7, 11) is 0. The first-order valence-electron chi connectivity index (χ1n) is 5.37. The van der Waals surface area contributed by atoms with Crippen molar-refractivity contribution in [1.29, 1.82) is 0 Å². The van der Waals surface area contributed by atoms with Crippen LogP contribution in [-0.2, 0) is 4.74 Å². The lowest BCUT2D eigenvalue weighted by molar-refractivity contribution is 0.398. The van der Waals surface area contributed by atoms with Gasteiger partial charge in [0.1, 0.15) is 0 Å². The molecule has 0 fully saturated rings. The number of hydrogen-bond acceptors (Lipinski definition) is 1. The van der Waals surface area contributed by atoms with Gasteiger partial charge >= 0.3 is 0 Å². The summed E-state index contributed by atoms with van der Waals surface area (Å²) in [5, 5.41) is 0. The largest absolute Gasteiger partial charge is 0.473 e. The summed E-state index contributed by atoms with van der Waals surface area (Å²) in [5.74, 6) is 0. The Labute approximate surface area is 82.5 Å². The van der Waals surface area contributed by atoms with Gasteiger partial charge in [-0.15, -0.1) is 0 Å². The molecule has 0 amide bonds. The first-order chi connectivity index (χ1) is 6.41. The standard InChI is InChI=1S/C12H22O/c1-3-5-7-9-11-13-12-10-8-6-4-2/h9-12H,3-8H2,1-2H3. The normalized spacial score (nSPS) is 11.5. The molecule has 0 aliphatic carbocycles. The fraction of sp³-hybridized carbons (Fsp3) is 0.667. The number of hydrogen-bond donors (Lipinski definition) is 0. The van der Waals surface area contributed by atoms with Gasteiger partial charge in [-0.3, -0.25) is 0 Å². The summed E-state index contributed by atoms with van der Waals surface area (Å²) in [6.45, 7) is 4.39. The van der Waals surface area contributed by atoms with Crippen LogP contribution in [0.25, 0.3) is 0 Å². The fourth-order valence-electron chi connectivity index (χ4n) is 0.937. The Morgan fingerprint density at radius 3 is 1.69 bits per heavy atom. The molecule has 0 atom stereocenters. The molecule has 13 heavy (non-hydrogen) atoms. The van der Waals surface area contributed by atoms with Gasteiger partial charge in [0.05, 0.1) is 12.5 Å². The minimum absolute atomic E-state index is 1.12. The van der Waals surface area contributed by atoms with Gasteiger partial charge in [0.25, 0.3) is 0 Å². The summed E-state index contributed by atoms with van der Waals surface area (Å²) in [4.78, 5) is 0. The van der Waals surface area contributed by atoms with Gasteiger partial charge in [-0.05, 0) is 37.8 Å². The molecule has 0 bridgehead atoms. The minimum atomic E-state index is 1.12. The predicted octanol–water partition coefficient (Wildman–Crippen LogP) is 4.41. The third kappa shape index (κ3) is 11.3. The van der Waals surface area contributed by atoms with Gasteiger partial charge in [-0.25, -0.2) is 0 Å². The van der Waals surface area contributed by atoms with Crippen LogP contribution in [0.5, 0.6) is 0 Å². The van der Waals surface area contributed by atoms with E-state index in [0.29, 0.717) is 0 Å². The van der Waals surface area contributed by atoms with Crippen LogP contribution in [0.15, 0.2) is 24.7 Å². The van der Waals surface area contributed by atoms with E-state index in [4.69, 9.17) is 4.74 Å².